The van der Waals surface area contributed by atoms with Gasteiger partial charge in [0.2, 0.25) is 10.0 Å². The Balaban J connectivity index is 0.00000180. The Bertz CT molecular complexity index is 490. The summed E-state index contributed by atoms with van der Waals surface area (Å²) in [6, 6.07) is 0.428. The van der Waals surface area contributed by atoms with Gasteiger partial charge in [-0.05, 0) is 39.7 Å². The summed E-state index contributed by atoms with van der Waals surface area (Å²) < 4.78 is 31.6. The molecule has 0 spiro atoms. The van der Waals surface area contributed by atoms with E-state index >= 15 is 0 Å². The summed E-state index contributed by atoms with van der Waals surface area (Å²) in [6.45, 7) is 4.70. The molecule has 1 aromatic rings. The zero-order valence-corrected chi connectivity index (χ0v) is 12.7. The quantitative estimate of drug-likeness (QED) is 0.852. The summed E-state index contributed by atoms with van der Waals surface area (Å²) in [5.41, 5.74) is 0.402. The lowest BCUT2D eigenvalue weighted by Crippen LogP contribution is -2.31. The second kappa shape index (κ2) is 6.69. The lowest BCUT2D eigenvalue weighted by Gasteiger charge is -2.10. The topological polar surface area (TPSA) is 84.2 Å². The Morgan fingerprint density at radius 2 is 2.21 bits per heavy atom. The van der Waals surface area contributed by atoms with E-state index in [4.69, 9.17) is 4.52 Å². The molecule has 0 radical (unpaired) electrons. The summed E-state index contributed by atoms with van der Waals surface area (Å²) in [7, 11) is -3.50. The third-order valence-electron chi connectivity index (χ3n) is 3.18. The molecule has 1 aliphatic rings. The van der Waals surface area contributed by atoms with Gasteiger partial charge in [0.05, 0.1) is 0 Å². The van der Waals surface area contributed by atoms with Crippen LogP contribution in [0, 0.1) is 13.8 Å². The van der Waals surface area contributed by atoms with Gasteiger partial charge >= 0.3 is 0 Å². The molecule has 2 N–H and O–H groups in total. The average Bonchev–Trinajstić information content (AvgIpc) is 2.89. The Morgan fingerprint density at radius 1 is 1.47 bits per heavy atom. The van der Waals surface area contributed by atoms with Gasteiger partial charge in [-0.3, -0.25) is 0 Å². The molecule has 1 aromatic heterocycles. The fourth-order valence-corrected chi connectivity index (χ4v) is 3.67. The number of hydrogen-bond acceptors (Lipinski definition) is 5. The fourth-order valence-electron chi connectivity index (χ4n) is 2.30. The van der Waals surface area contributed by atoms with Crippen molar-refractivity contribution >= 4 is 22.4 Å². The van der Waals surface area contributed by atoms with Crippen LogP contribution in [0.1, 0.15) is 30.7 Å². The molecule has 2 rings (SSSR count). The van der Waals surface area contributed by atoms with E-state index in [2.05, 4.69) is 15.2 Å². The molecule has 1 aliphatic heterocycles. The normalized spacial score (nSPS) is 19.4. The van der Waals surface area contributed by atoms with Gasteiger partial charge in [0.25, 0.3) is 0 Å². The summed E-state index contributed by atoms with van der Waals surface area (Å²) >= 11 is 0. The van der Waals surface area contributed by atoms with Gasteiger partial charge in [-0.2, -0.15) is 0 Å². The van der Waals surface area contributed by atoms with Crippen molar-refractivity contribution in [3.05, 3.63) is 11.5 Å². The lowest BCUT2D eigenvalue weighted by molar-refractivity contribution is 0.390. The summed E-state index contributed by atoms with van der Waals surface area (Å²) in [5.74, 6) is 0.332. The highest BCUT2D eigenvalue weighted by Crippen LogP contribution is 2.18. The molecule has 19 heavy (non-hydrogen) atoms. The van der Waals surface area contributed by atoms with Crippen LogP contribution in [0.15, 0.2) is 9.42 Å². The number of rotatable bonds is 5. The maximum absolute atomic E-state index is 12.1. The molecule has 0 amide bonds. The van der Waals surface area contributed by atoms with Gasteiger partial charge in [0.1, 0.15) is 10.6 Å². The summed E-state index contributed by atoms with van der Waals surface area (Å²) in [4.78, 5) is 0.168. The number of halogens is 1. The molecule has 0 aromatic carbocycles. The molecule has 6 nitrogen and oxygen atoms in total. The second-order valence-electron chi connectivity index (χ2n) is 4.63. The number of aromatic nitrogens is 1. The summed E-state index contributed by atoms with van der Waals surface area (Å²) in [5, 5.41) is 7.00. The van der Waals surface area contributed by atoms with Crippen molar-refractivity contribution in [2.75, 3.05) is 13.1 Å². The first-order chi connectivity index (χ1) is 8.50. The predicted molar refractivity (Wildman–Crippen MR) is 74.1 cm³/mol. The van der Waals surface area contributed by atoms with Crippen LogP contribution in [0.25, 0.3) is 0 Å². The van der Waals surface area contributed by atoms with Crippen molar-refractivity contribution in [2.45, 2.75) is 44.0 Å². The van der Waals surface area contributed by atoms with E-state index < -0.39 is 10.0 Å². The largest absolute Gasteiger partial charge is 0.360 e. The molecule has 1 saturated heterocycles. The zero-order chi connectivity index (χ0) is 13.2. The van der Waals surface area contributed by atoms with Crippen molar-refractivity contribution in [1.82, 2.24) is 15.2 Å². The van der Waals surface area contributed by atoms with Gasteiger partial charge in [0.15, 0.2) is 5.76 Å². The number of hydrogen-bond donors (Lipinski definition) is 2. The molecule has 1 atom stereocenters. The second-order valence-corrected chi connectivity index (χ2v) is 6.34. The van der Waals surface area contributed by atoms with Crippen LogP contribution in [-0.4, -0.2) is 32.7 Å². The van der Waals surface area contributed by atoms with Crippen LogP contribution in [0.3, 0.4) is 0 Å². The maximum Gasteiger partial charge on any atom is 0.245 e. The van der Waals surface area contributed by atoms with E-state index in [-0.39, 0.29) is 17.3 Å². The minimum absolute atomic E-state index is 0. The van der Waals surface area contributed by atoms with E-state index in [0.717, 1.165) is 19.4 Å². The summed E-state index contributed by atoms with van der Waals surface area (Å²) in [6.07, 6.45) is 3.09. The van der Waals surface area contributed by atoms with Crippen LogP contribution in [0.4, 0.5) is 0 Å². The van der Waals surface area contributed by atoms with Crippen molar-refractivity contribution in [3.63, 3.8) is 0 Å². The molecule has 1 fully saturated rings. The highest BCUT2D eigenvalue weighted by Gasteiger charge is 2.24. The molecule has 8 heteroatoms. The fraction of sp³-hybridized carbons (Fsp3) is 0.727. The number of nitrogens with zero attached hydrogens (tertiary/aromatic N) is 1. The van der Waals surface area contributed by atoms with E-state index in [1.165, 1.54) is 6.42 Å². The molecular weight excluding hydrogens is 290 g/mol. The van der Waals surface area contributed by atoms with Crippen molar-refractivity contribution < 1.29 is 12.9 Å². The van der Waals surface area contributed by atoms with E-state index in [9.17, 15) is 8.42 Å². The van der Waals surface area contributed by atoms with Gasteiger partial charge in [-0.15, -0.1) is 12.4 Å². The molecular formula is C11H20ClN3O3S. The Hall–Kier alpha value is -0.630. The third-order valence-corrected chi connectivity index (χ3v) is 4.89. The van der Waals surface area contributed by atoms with Gasteiger partial charge in [-0.1, -0.05) is 5.16 Å². The lowest BCUT2D eigenvalue weighted by atomic mass is 10.2. The smallest absolute Gasteiger partial charge is 0.245 e. The van der Waals surface area contributed by atoms with E-state index in [0.29, 0.717) is 24.0 Å². The molecule has 110 valence electrons. The van der Waals surface area contributed by atoms with Crippen molar-refractivity contribution in [2.24, 2.45) is 0 Å². The first-order valence-electron chi connectivity index (χ1n) is 6.16. The molecule has 0 saturated carbocycles. The van der Waals surface area contributed by atoms with Crippen LogP contribution >= 0.6 is 12.4 Å². The Labute approximate surface area is 119 Å². The number of sulfonamides is 1. The maximum atomic E-state index is 12.1. The van der Waals surface area contributed by atoms with Crippen LogP contribution in [-0.2, 0) is 10.0 Å². The number of aryl methyl sites for hydroxylation is 2. The minimum Gasteiger partial charge on any atom is -0.360 e. The number of nitrogens with one attached hydrogen (secondary N) is 2. The van der Waals surface area contributed by atoms with E-state index in [1.807, 2.05) is 0 Å². The average molecular weight is 310 g/mol. The highest BCUT2D eigenvalue weighted by atomic mass is 35.5. The van der Waals surface area contributed by atoms with Gasteiger partial charge in [0, 0.05) is 12.6 Å². The Morgan fingerprint density at radius 3 is 2.74 bits per heavy atom. The minimum atomic E-state index is -3.50. The van der Waals surface area contributed by atoms with Crippen LogP contribution in [0.5, 0.6) is 0 Å². The Kier molecular flexibility index (Phi) is 5.79. The predicted octanol–water partition coefficient (Wildman–Crippen LogP) is 1.13. The first kappa shape index (κ1) is 16.4. The monoisotopic (exact) mass is 309 g/mol. The molecule has 0 aliphatic carbocycles. The first-order valence-corrected chi connectivity index (χ1v) is 7.65. The molecule has 0 bridgehead atoms. The van der Waals surface area contributed by atoms with Crippen molar-refractivity contribution in [3.8, 4) is 0 Å². The third kappa shape index (κ3) is 3.92. The van der Waals surface area contributed by atoms with E-state index in [1.54, 1.807) is 13.8 Å². The van der Waals surface area contributed by atoms with Crippen molar-refractivity contribution in [1.29, 1.82) is 0 Å². The highest BCUT2D eigenvalue weighted by molar-refractivity contribution is 7.89. The SMILES string of the molecule is Cc1noc(C)c1S(=O)(=O)NCC[C@H]1CCCN1.Cl. The van der Waals surface area contributed by atoms with Crippen LogP contribution in [0.2, 0.25) is 0 Å². The zero-order valence-electron chi connectivity index (χ0n) is 11.1. The molecule has 0 unspecified atom stereocenters. The van der Waals surface area contributed by atoms with Gasteiger partial charge in [-0.25, -0.2) is 13.1 Å². The van der Waals surface area contributed by atoms with Gasteiger partial charge < -0.3 is 9.84 Å². The van der Waals surface area contributed by atoms with Crippen LogP contribution < -0.4 is 10.0 Å². The standard InChI is InChI=1S/C11H19N3O3S.ClH/c1-8-11(9(2)17-14-8)18(15,16)13-7-5-10-4-3-6-12-10;/h10,12-13H,3-7H2,1-2H3;1H/t10-;/m1./s1. The molecule has 2 heterocycles.